The van der Waals surface area contributed by atoms with E-state index in [2.05, 4.69) is 5.32 Å². The van der Waals surface area contributed by atoms with E-state index in [1.54, 1.807) is 6.92 Å². The van der Waals surface area contributed by atoms with Gasteiger partial charge in [-0.1, -0.05) is 6.92 Å². The van der Waals surface area contributed by atoms with Gasteiger partial charge in [0.15, 0.2) is 0 Å². The third kappa shape index (κ3) is 7.46. The van der Waals surface area contributed by atoms with Crippen molar-refractivity contribution in [2.75, 3.05) is 6.54 Å². The van der Waals surface area contributed by atoms with Gasteiger partial charge in [-0.2, -0.15) is 0 Å². The van der Waals surface area contributed by atoms with Gasteiger partial charge >= 0.3 is 0 Å². The van der Waals surface area contributed by atoms with Crippen LogP contribution in [0.15, 0.2) is 0 Å². The van der Waals surface area contributed by atoms with Gasteiger partial charge in [0, 0.05) is 19.4 Å². The molecule has 0 rings (SSSR count). The van der Waals surface area contributed by atoms with Gasteiger partial charge in [0.2, 0.25) is 5.91 Å². The van der Waals surface area contributed by atoms with Gasteiger partial charge in [-0.25, -0.2) is 0 Å². The highest BCUT2D eigenvalue weighted by molar-refractivity contribution is 5.75. The summed E-state index contributed by atoms with van der Waals surface area (Å²) in [5, 5.41) is 11.9. The number of nitrogens with one attached hydrogen (secondary N) is 1. The molecule has 2 N–H and O–H groups in total. The van der Waals surface area contributed by atoms with Crippen molar-refractivity contribution in [3.8, 4) is 0 Å². The van der Waals surface area contributed by atoms with Crippen LogP contribution in [0.1, 0.15) is 32.6 Å². The molecule has 1 atom stereocenters. The monoisotopic (exact) mass is 187 g/mol. The minimum absolute atomic E-state index is 0.0607. The number of hydrogen-bond donors (Lipinski definition) is 2. The maximum atomic E-state index is 10.8. The zero-order valence-corrected chi connectivity index (χ0v) is 7.95. The van der Waals surface area contributed by atoms with E-state index in [4.69, 9.17) is 0 Å². The molecule has 1 unspecified atom stereocenters. The standard InChI is InChI=1S/C9H17NO3/c1-2-9(13)10-7-8(12)5-3-4-6-11/h6,8,12H,2-5,7H2,1H3,(H,10,13). The van der Waals surface area contributed by atoms with Gasteiger partial charge < -0.3 is 15.2 Å². The summed E-state index contributed by atoms with van der Waals surface area (Å²) in [7, 11) is 0. The first kappa shape index (κ1) is 12.1. The Kier molecular flexibility index (Phi) is 7.20. The zero-order chi connectivity index (χ0) is 10.1. The number of amides is 1. The average Bonchev–Trinajstić information content (AvgIpc) is 2.14. The molecule has 0 fully saturated rings. The van der Waals surface area contributed by atoms with Crippen molar-refractivity contribution in [3.05, 3.63) is 0 Å². The second-order valence-corrected chi connectivity index (χ2v) is 2.91. The molecule has 0 spiro atoms. The summed E-state index contributed by atoms with van der Waals surface area (Å²) in [5.74, 6) is -0.0607. The van der Waals surface area contributed by atoms with Crippen LogP contribution < -0.4 is 5.32 Å². The van der Waals surface area contributed by atoms with Gasteiger partial charge in [0.05, 0.1) is 6.10 Å². The second kappa shape index (κ2) is 7.73. The molecule has 0 aromatic heterocycles. The Hall–Kier alpha value is -0.900. The normalized spacial score (nSPS) is 12.2. The van der Waals surface area contributed by atoms with E-state index in [0.717, 1.165) is 6.29 Å². The number of carbonyl (C=O) groups is 2. The summed E-state index contributed by atoms with van der Waals surface area (Å²) >= 11 is 0. The largest absolute Gasteiger partial charge is 0.391 e. The molecule has 0 heterocycles. The summed E-state index contributed by atoms with van der Waals surface area (Å²) in [6, 6.07) is 0. The number of unbranched alkanes of at least 4 members (excludes halogenated alkanes) is 1. The molecule has 0 saturated carbocycles. The molecular formula is C9H17NO3. The molecule has 1 amide bonds. The Morgan fingerprint density at radius 2 is 2.31 bits per heavy atom. The van der Waals surface area contributed by atoms with Crippen molar-refractivity contribution in [3.63, 3.8) is 0 Å². The molecule has 76 valence electrons. The van der Waals surface area contributed by atoms with Crippen molar-refractivity contribution in [2.45, 2.75) is 38.7 Å². The Morgan fingerprint density at radius 3 is 2.85 bits per heavy atom. The minimum atomic E-state index is -0.532. The van der Waals surface area contributed by atoms with Crippen LogP contribution in [0, 0.1) is 0 Å². The molecule has 0 aliphatic carbocycles. The van der Waals surface area contributed by atoms with Crippen LogP contribution in [-0.4, -0.2) is 29.9 Å². The van der Waals surface area contributed by atoms with E-state index >= 15 is 0 Å². The van der Waals surface area contributed by atoms with E-state index in [1.807, 2.05) is 0 Å². The van der Waals surface area contributed by atoms with Crippen molar-refractivity contribution >= 4 is 12.2 Å². The molecule has 0 aliphatic rings. The molecule has 0 saturated heterocycles. The highest BCUT2D eigenvalue weighted by Crippen LogP contribution is 1.97. The zero-order valence-electron chi connectivity index (χ0n) is 7.95. The van der Waals surface area contributed by atoms with Crippen molar-refractivity contribution in [2.24, 2.45) is 0 Å². The summed E-state index contributed by atoms with van der Waals surface area (Å²) in [5.41, 5.74) is 0. The van der Waals surface area contributed by atoms with Gasteiger partial charge in [-0.05, 0) is 12.8 Å². The SMILES string of the molecule is CCC(=O)NCC(O)CCCC=O. The van der Waals surface area contributed by atoms with Crippen LogP contribution in [0.3, 0.4) is 0 Å². The number of aliphatic hydroxyl groups is 1. The fourth-order valence-electron chi connectivity index (χ4n) is 0.896. The van der Waals surface area contributed by atoms with E-state index in [0.29, 0.717) is 25.7 Å². The predicted octanol–water partition coefficient (Wildman–Crippen LogP) is 0.243. The van der Waals surface area contributed by atoms with E-state index in [1.165, 1.54) is 0 Å². The maximum Gasteiger partial charge on any atom is 0.219 e. The molecule has 4 heteroatoms. The maximum absolute atomic E-state index is 10.8. The molecule has 0 radical (unpaired) electrons. The molecule has 0 aromatic carbocycles. The van der Waals surface area contributed by atoms with E-state index in [-0.39, 0.29) is 12.5 Å². The Bertz CT molecular complexity index is 159. The molecule has 13 heavy (non-hydrogen) atoms. The average molecular weight is 187 g/mol. The highest BCUT2D eigenvalue weighted by Gasteiger charge is 2.04. The van der Waals surface area contributed by atoms with Crippen LogP contribution in [-0.2, 0) is 9.59 Å². The van der Waals surface area contributed by atoms with Crippen molar-refractivity contribution in [1.82, 2.24) is 5.32 Å². The lowest BCUT2D eigenvalue weighted by molar-refractivity contribution is -0.121. The molecule has 0 aromatic rings. The number of aldehydes is 1. The molecular weight excluding hydrogens is 170 g/mol. The van der Waals surface area contributed by atoms with Crippen molar-refractivity contribution in [1.29, 1.82) is 0 Å². The summed E-state index contributed by atoms with van der Waals surface area (Å²) < 4.78 is 0. The lowest BCUT2D eigenvalue weighted by Crippen LogP contribution is -2.31. The van der Waals surface area contributed by atoms with Crippen molar-refractivity contribution < 1.29 is 14.7 Å². The number of carbonyl (C=O) groups excluding carboxylic acids is 2. The first-order valence-corrected chi connectivity index (χ1v) is 4.59. The van der Waals surface area contributed by atoms with Crippen LogP contribution in [0.5, 0.6) is 0 Å². The predicted molar refractivity (Wildman–Crippen MR) is 49.2 cm³/mol. The molecule has 0 aliphatic heterocycles. The lowest BCUT2D eigenvalue weighted by atomic mass is 10.1. The third-order valence-corrected chi connectivity index (χ3v) is 1.72. The first-order chi connectivity index (χ1) is 6.20. The second-order valence-electron chi connectivity index (χ2n) is 2.91. The summed E-state index contributed by atoms with van der Waals surface area (Å²) in [4.78, 5) is 20.7. The Balaban J connectivity index is 3.34. The lowest BCUT2D eigenvalue weighted by Gasteiger charge is -2.09. The smallest absolute Gasteiger partial charge is 0.219 e. The minimum Gasteiger partial charge on any atom is -0.391 e. The number of aliphatic hydroxyl groups excluding tert-OH is 1. The third-order valence-electron chi connectivity index (χ3n) is 1.72. The highest BCUT2D eigenvalue weighted by atomic mass is 16.3. The summed E-state index contributed by atoms with van der Waals surface area (Å²) in [6.07, 6.45) is 2.43. The van der Waals surface area contributed by atoms with Gasteiger partial charge in [-0.15, -0.1) is 0 Å². The fraction of sp³-hybridized carbons (Fsp3) is 0.778. The Morgan fingerprint density at radius 1 is 1.62 bits per heavy atom. The van der Waals surface area contributed by atoms with Crippen LogP contribution >= 0.6 is 0 Å². The topological polar surface area (TPSA) is 66.4 Å². The van der Waals surface area contributed by atoms with Crippen LogP contribution in [0.2, 0.25) is 0 Å². The van der Waals surface area contributed by atoms with E-state index < -0.39 is 6.10 Å². The molecule has 0 bridgehead atoms. The Labute approximate surface area is 78.3 Å². The molecule has 4 nitrogen and oxygen atoms in total. The first-order valence-electron chi connectivity index (χ1n) is 4.59. The quantitative estimate of drug-likeness (QED) is 0.443. The van der Waals surface area contributed by atoms with Crippen LogP contribution in [0.4, 0.5) is 0 Å². The van der Waals surface area contributed by atoms with Gasteiger partial charge in [0.25, 0.3) is 0 Å². The van der Waals surface area contributed by atoms with Crippen LogP contribution in [0.25, 0.3) is 0 Å². The summed E-state index contributed by atoms with van der Waals surface area (Å²) in [6.45, 7) is 2.04. The fourth-order valence-corrected chi connectivity index (χ4v) is 0.896. The number of hydrogen-bond acceptors (Lipinski definition) is 3. The number of rotatable bonds is 7. The van der Waals surface area contributed by atoms with E-state index in [9.17, 15) is 14.7 Å². The van der Waals surface area contributed by atoms with Gasteiger partial charge in [0.1, 0.15) is 6.29 Å². The van der Waals surface area contributed by atoms with Gasteiger partial charge in [-0.3, -0.25) is 4.79 Å².